The van der Waals surface area contributed by atoms with Crippen LogP contribution in [0.15, 0.2) is 22.6 Å². The van der Waals surface area contributed by atoms with Gasteiger partial charge in [-0.25, -0.2) is 17.9 Å². The van der Waals surface area contributed by atoms with Gasteiger partial charge in [-0.2, -0.15) is 13.0 Å². The van der Waals surface area contributed by atoms with E-state index >= 15 is 0 Å². The molecule has 0 unspecified atom stereocenters. The average molecular weight is 663 g/mol. The van der Waals surface area contributed by atoms with Crippen LogP contribution in [-0.4, -0.2) is 55.2 Å². The summed E-state index contributed by atoms with van der Waals surface area (Å²) in [6.45, 7) is 0.164. The number of rotatable bonds is 9. The van der Waals surface area contributed by atoms with E-state index in [4.69, 9.17) is 26.0 Å². The minimum Gasteiger partial charge on any atom is -0.464 e. The lowest BCUT2D eigenvalue weighted by atomic mass is 10.3. The predicted octanol–water partition coefficient (Wildman–Crippen LogP) is 3.08. The largest absolute Gasteiger partial charge is 0.464 e. The number of thiazole rings is 1. The predicted molar refractivity (Wildman–Crippen MR) is 140 cm³/mol. The fourth-order valence-electron chi connectivity index (χ4n) is 3.56. The Hall–Kier alpha value is -1.89. The molecule has 3 N–H and O–H groups in total. The fourth-order valence-corrected chi connectivity index (χ4v) is 7.87. The normalized spacial score (nSPS) is 15.0. The molecule has 4 rings (SSSR count). The van der Waals surface area contributed by atoms with E-state index in [9.17, 15) is 21.6 Å². The number of carbonyl (C=O) groups is 1. The highest BCUT2D eigenvalue weighted by atomic mass is 79.9. The number of hydrogen-bond acceptors (Lipinski definition) is 9. The fraction of sp³-hybridized carbons (Fsp3) is 0.333. The van der Waals surface area contributed by atoms with Gasteiger partial charge < -0.3 is 19.3 Å². The van der Waals surface area contributed by atoms with Crippen molar-refractivity contribution in [2.75, 3.05) is 23.0 Å². The zero-order valence-electron chi connectivity index (χ0n) is 18.3. The molecule has 0 spiro atoms. The molecular formula is C18H19BrClN4O8S4+. The quantitative estimate of drug-likeness (QED) is 0.231. The third-order valence-corrected chi connectivity index (χ3v) is 10.4. The number of carboxylic acid groups (broad SMARTS) is 1. The number of nitrogens with one attached hydrogen (secondary N) is 1. The minimum atomic E-state index is -4.14. The van der Waals surface area contributed by atoms with E-state index < -0.39 is 37.7 Å². The number of hydrogen-bond donors (Lipinski definition) is 3. The van der Waals surface area contributed by atoms with Gasteiger partial charge >= 0.3 is 6.09 Å². The molecule has 3 aromatic rings. The summed E-state index contributed by atoms with van der Waals surface area (Å²) in [5, 5.41) is 9.39. The summed E-state index contributed by atoms with van der Waals surface area (Å²) in [6, 6.07) is 3.56. The van der Waals surface area contributed by atoms with Gasteiger partial charge in [0.1, 0.15) is 20.5 Å². The highest BCUT2D eigenvalue weighted by Gasteiger charge is 2.33. The lowest BCUT2D eigenvalue weighted by Gasteiger charge is -2.17. The number of fused-ring (bicyclic) bond motifs is 2. The standard InChI is InChI=1S/C18H18BrClN4O8S4/c1-22-12(19)7-10-16(22)32-14(23(10)3-2-5-36(29,30)31)9-15-24(4-6-35(27,28)21-18(25)26)17-11(33-15)8-13(20)34-17/h7-9,21H,2-6H2,1H3,(H-,25,26,29,30,31)/p+1. The van der Waals surface area contributed by atoms with Crippen LogP contribution in [-0.2, 0) is 33.7 Å². The zero-order valence-corrected chi connectivity index (χ0v) is 23.9. The van der Waals surface area contributed by atoms with Gasteiger partial charge in [0.25, 0.3) is 20.0 Å². The third-order valence-electron chi connectivity index (χ3n) is 5.09. The molecule has 0 atom stereocenters. The van der Waals surface area contributed by atoms with Crippen molar-refractivity contribution in [3.63, 3.8) is 0 Å². The Bertz CT molecular complexity index is 1590. The number of sulfonamides is 1. The van der Waals surface area contributed by atoms with Gasteiger partial charge in [0.2, 0.25) is 21.8 Å². The van der Waals surface area contributed by atoms with Crippen LogP contribution in [0.4, 0.5) is 10.5 Å². The topological polar surface area (TPSA) is 159 Å². The molecule has 3 aromatic heterocycles. The molecule has 1 aliphatic heterocycles. The molecule has 1 amide bonds. The molecule has 12 nitrogen and oxygen atoms in total. The molecule has 36 heavy (non-hydrogen) atoms. The van der Waals surface area contributed by atoms with Crippen molar-refractivity contribution >= 4 is 97.7 Å². The van der Waals surface area contributed by atoms with Crippen molar-refractivity contribution in [1.29, 1.82) is 0 Å². The minimum absolute atomic E-state index is 0.0557. The number of thiophene rings is 1. The van der Waals surface area contributed by atoms with Gasteiger partial charge in [-0.05, 0) is 34.5 Å². The first kappa shape index (κ1) is 27.2. The van der Waals surface area contributed by atoms with E-state index in [2.05, 4.69) is 15.9 Å². The molecule has 0 aromatic carbocycles. The van der Waals surface area contributed by atoms with Crippen molar-refractivity contribution < 1.29 is 40.6 Å². The second-order valence-electron chi connectivity index (χ2n) is 7.63. The van der Waals surface area contributed by atoms with Crippen molar-refractivity contribution in [1.82, 2.24) is 9.29 Å². The van der Waals surface area contributed by atoms with E-state index in [1.807, 2.05) is 6.07 Å². The highest BCUT2D eigenvalue weighted by Crippen LogP contribution is 2.43. The van der Waals surface area contributed by atoms with Gasteiger partial charge in [-0.3, -0.25) is 4.55 Å². The molecule has 0 fully saturated rings. The highest BCUT2D eigenvalue weighted by molar-refractivity contribution is 9.10. The van der Waals surface area contributed by atoms with Crippen LogP contribution in [0.1, 0.15) is 11.4 Å². The monoisotopic (exact) mass is 661 g/mol. The number of ether oxygens (including phenoxy) is 1. The van der Waals surface area contributed by atoms with Crippen molar-refractivity contribution in [2.24, 2.45) is 7.05 Å². The van der Waals surface area contributed by atoms with E-state index in [1.54, 1.807) is 33.2 Å². The molecule has 0 saturated carbocycles. The second-order valence-corrected chi connectivity index (χ2v) is 14.6. The maximum absolute atomic E-state index is 12.1. The average Bonchev–Trinajstić information content (AvgIpc) is 3.41. The summed E-state index contributed by atoms with van der Waals surface area (Å²) in [5.74, 6) is -0.0325. The summed E-state index contributed by atoms with van der Waals surface area (Å²) < 4.78 is 68.9. The van der Waals surface area contributed by atoms with Gasteiger partial charge in [0, 0.05) is 13.6 Å². The molecular weight excluding hydrogens is 644 g/mol. The molecule has 18 heteroatoms. The Morgan fingerprint density at radius 1 is 1.28 bits per heavy atom. The van der Waals surface area contributed by atoms with E-state index in [0.717, 1.165) is 9.30 Å². The SMILES string of the molecule is Cn1c(Br)cc2c1OC(=Cc1sc3cc(Cl)sc3[n+]1CCS(=O)(=O)NC(=O)O)N2CCCS(=O)(=O)O. The molecule has 0 bridgehead atoms. The number of nitrogens with zero attached hydrogens (tertiary/aromatic N) is 3. The zero-order chi connectivity index (χ0) is 26.4. The van der Waals surface area contributed by atoms with Gasteiger partial charge in [-0.1, -0.05) is 34.3 Å². The maximum atomic E-state index is 12.1. The second kappa shape index (κ2) is 10.1. The molecule has 0 aliphatic carbocycles. The van der Waals surface area contributed by atoms with Crippen LogP contribution < -0.4 is 18.9 Å². The number of aryl methyl sites for hydroxylation is 1. The summed E-state index contributed by atoms with van der Waals surface area (Å²) in [6.07, 6.45) is 0.157. The number of amides is 1. The Kier molecular flexibility index (Phi) is 7.63. The van der Waals surface area contributed by atoms with Gasteiger partial charge in [-0.15, -0.1) is 0 Å². The Labute approximate surface area is 227 Å². The van der Waals surface area contributed by atoms with Gasteiger partial charge in [0.05, 0.1) is 16.4 Å². The van der Waals surface area contributed by atoms with Crippen LogP contribution in [0.5, 0.6) is 5.88 Å². The van der Waals surface area contributed by atoms with Gasteiger partial charge in [0.15, 0.2) is 6.54 Å². The first-order valence-corrected chi connectivity index (χ1v) is 16.1. The molecule has 0 radical (unpaired) electrons. The lowest BCUT2D eigenvalue weighted by Crippen LogP contribution is -2.42. The number of halogens is 2. The Morgan fingerprint density at radius 2 is 2.00 bits per heavy atom. The van der Waals surface area contributed by atoms with Crippen LogP contribution in [0.3, 0.4) is 0 Å². The van der Waals surface area contributed by atoms with Crippen molar-refractivity contribution in [3.05, 3.63) is 32.0 Å². The van der Waals surface area contributed by atoms with Crippen molar-refractivity contribution in [2.45, 2.75) is 13.0 Å². The third kappa shape index (κ3) is 5.98. The first-order chi connectivity index (χ1) is 16.7. The number of anilines is 1. The summed E-state index contributed by atoms with van der Waals surface area (Å²) in [7, 11) is -6.45. The molecule has 196 valence electrons. The molecule has 1 aliphatic rings. The summed E-state index contributed by atoms with van der Waals surface area (Å²) in [5.41, 5.74) is 0.687. The Balaban J connectivity index is 1.71. The van der Waals surface area contributed by atoms with Crippen LogP contribution in [0.2, 0.25) is 4.34 Å². The van der Waals surface area contributed by atoms with Crippen molar-refractivity contribution in [3.8, 4) is 5.88 Å². The lowest BCUT2D eigenvalue weighted by molar-refractivity contribution is -0.662. The summed E-state index contributed by atoms with van der Waals surface area (Å²) >= 11 is 12.2. The summed E-state index contributed by atoms with van der Waals surface area (Å²) in [4.78, 5) is 13.3. The van der Waals surface area contributed by atoms with Crippen LogP contribution in [0, 0.1) is 0 Å². The van der Waals surface area contributed by atoms with E-state index in [-0.39, 0.29) is 19.5 Å². The maximum Gasteiger partial charge on any atom is 0.418 e. The van der Waals surface area contributed by atoms with Crippen LogP contribution in [0.25, 0.3) is 15.6 Å². The van der Waals surface area contributed by atoms with Crippen LogP contribution >= 0.6 is 50.2 Å². The van der Waals surface area contributed by atoms with E-state index in [0.29, 0.717) is 31.6 Å². The van der Waals surface area contributed by atoms with E-state index in [1.165, 1.54) is 27.4 Å². The Morgan fingerprint density at radius 3 is 2.67 bits per heavy atom. The molecule has 0 saturated heterocycles. The number of aromatic nitrogens is 2. The smallest absolute Gasteiger partial charge is 0.418 e. The first-order valence-electron chi connectivity index (χ1n) is 10.1. The molecule has 4 heterocycles.